The molecular weight excluding hydrogens is 616 g/mol. The van der Waals surface area contributed by atoms with Gasteiger partial charge >= 0.3 is 17.9 Å². The number of ether oxygens (including phenoxy) is 4. The lowest BCUT2D eigenvalue weighted by molar-refractivity contribution is -0.149. The van der Waals surface area contributed by atoms with Gasteiger partial charge in [-0.25, -0.2) is 4.79 Å². The van der Waals surface area contributed by atoms with E-state index in [1.807, 2.05) is 30.3 Å². The second-order valence-corrected chi connectivity index (χ2v) is 12.7. The summed E-state index contributed by atoms with van der Waals surface area (Å²) >= 11 is 0. The number of carbonyl (C=O) groups excluding carboxylic acids is 3. The van der Waals surface area contributed by atoms with Gasteiger partial charge in [-0.2, -0.15) is 0 Å². The molecule has 260 valence electrons. The van der Waals surface area contributed by atoms with Crippen molar-refractivity contribution in [2.24, 2.45) is 11.8 Å². The Kier molecular flexibility index (Phi) is 15.8. The lowest BCUT2D eigenvalue weighted by atomic mass is 9.82. The zero-order chi connectivity index (χ0) is 34.7. The van der Waals surface area contributed by atoms with Gasteiger partial charge in [-0.15, -0.1) is 0 Å². The Morgan fingerprint density at radius 1 is 0.612 bits per heavy atom. The van der Waals surface area contributed by atoms with Crippen molar-refractivity contribution in [3.63, 3.8) is 0 Å². The minimum Gasteiger partial charge on any atom is -0.490 e. The van der Waals surface area contributed by atoms with Gasteiger partial charge in [0.1, 0.15) is 0 Å². The van der Waals surface area contributed by atoms with Gasteiger partial charge in [0.2, 0.25) is 5.75 Å². The topological polar surface area (TPSA) is 88.1 Å². The van der Waals surface area contributed by atoms with E-state index in [4.69, 9.17) is 18.9 Å². The Morgan fingerprint density at radius 3 is 1.78 bits per heavy atom. The lowest BCUT2D eigenvalue weighted by Gasteiger charge is -2.25. The first-order chi connectivity index (χ1) is 24.0. The molecule has 3 aromatic rings. The largest absolute Gasteiger partial charge is 0.490 e. The number of para-hydroxylation sites is 1. The molecule has 1 saturated carbocycles. The SMILES string of the molecule is CCCCCCCCCCCCOc1cccc(OC(=O)C2CCC(C(=O)OC)CC2)c1OC(=O)c1ccc(C#Cc2ccccc2)cc1. The molecule has 7 nitrogen and oxygen atoms in total. The molecule has 0 bridgehead atoms. The summed E-state index contributed by atoms with van der Waals surface area (Å²) in [5.74, 6) is 4.92. The Hall–Kier alpha value is -4.57. The van der Waals surface area contributed by atoms with Crippen LogP contribution in [0.25, 0.3) is 0 Å². The summed E-state index contributed by atoms with van der Waals surface area (Å²) in [7, 11) is 1.38. The van der Waals surface area contributed by atoms with Gasteiger partial charge in [-0.3, -0.25) is 9.59 Å². The summed E-state index contributed by atoms with van der Waals surface area (Å²) in [6, 6.07) is 21.6. The summed E-state index contributed by atoms with van der Waals surface area (Å²) < 4.78 is 22.7. The summed E-state index contributed by atoms with van der Waals surface area (Å²) in [4.78, 5) is 38.6. The molecule has 0 aromatic heterocycles. The molecule has 49 heavy (non-hydrogen) atoms. The fourth-order valence-electron chi connectivity index (χ4n) is 5.99. The highest BCUT2D eigenvalue weighted by Crippen LogP contribution is 2.39. The second kappa shape index (κ2) is 20.7. The zero-order valence-electron chi connectivity index (χ0n) is 29.0. The highest BCUT2D eigenvalue weighted by atomic mass is 16.6. The van der Waals surface area contributed by atoms with E-state index >= 15 is 0 Å². The lowest BCUT2D eigenvalue weighted by Crippen LogP contribution is -2.29. The van der Waals surface area contributed by atoms with Gasteiger partial charge in [0, 0.05) is 11.1 Å². The van der Waals surface area contributed by atoms with E-state index in [0.29, 0.717) is 43.6 Å². The molecule has 0 saturated heterocycles. The summed E-state index contributed by atoms with van der Waals surface area (Å²) in [6.07, 6.45) is 14.2. The predicted octanol–water partition coefficient (Wildman–Crippen LogP) is 9.49. The average molecular weight is 667 g/mol. The van der Waals surface area contributed by atoms with Gasteiger partial charge < -0.3 is 18.9 Å². The number of hydrogen-bond acceptors (Lipinski definition) is 7. The van der Waals surface area contributed by atoms with Crippen molar-refractivity contribution in [1.82, 2.24) is 0 Å². The Labute approximate surface area is 291 Å². The standard InChI is InChI=1S/C42H50O7/c1-3-4-5-6-7-8-9-10-11-15-31-47-37-19-16-20-38(48-41(44)36-29-27-34(28-30-36)40(43)46-2)39(37)49-42(45)35-25-23-33(24-26-35)22-21-32-17-13-12-14-18-32/h12-14,16-20,23-26,34,36H,3-11,15,27-31H2,1-2H3. The van der Waals surface area contributed by atoms with Crippen molar-refractivity contribution in [1.29, 1.82) is 0 Å². The summed E-state index contributed by atoms with van der Waals surface area (Å²) in [6.45, 7) is 2.69. The summed E-state index contributed by atoms with van der Waals surface area (Å²) in [5.41, 5.74) is 1.99. The molecule has 0 radical (unpaired) electrons. The predicted molar refractivity (Wildman–Crippen MR) is 191 cm³/mol. The maximum absolute atomic E-state index is 13.4. The maximum atomic E-state index is 13.4. The van der Waals surface area contributed by atoms with Gasteiger partial charge in [0.05, 0.1) is 31.1 Å². The number of rotatable bonds is 17. The number of esters is 3. The van der Waals surface area contributed by atoms with Crippen LogP contribution in [0, 0.1) is 23.7 Å². The minimum absolute atomic E-state index is 0.0733. The van der Waals surface area contributed by atoms with E-state index in [-0.39, 0.29) is 29.3 Å². The van der Waals surface area contributed by atoms with Crippen LogP contribution in [0.4, 0.5) is 0 Å². The minimum atomic E-state index is -0.603. The third-order valence-electron chi connectivity index (χ3n) is 8.94. The van der Waals surface area contributed by atoms with E-state index in [0.717, 1.165) is 30.4 Å². The molecule has 3 aromatic carbocycles. The van der Waals surface area contributed by atoms with Crippen LogP contribution in [0.1, 0.15) is 118 Å². The number of unbranched alkanes of at least 4 members (excludes halogenated alkanes) is 9. The maximum Gasteiger partial charge on any atom is 0.343 e. The van der Waals surface area contributed by atoms with Crippen molar-refractivity contribution >= 4 is 17.9 Å². The fourth-order valence-corrected chi connectivity index (χ4v) is 5.99. The van der Waals surface area contributed by atoms with Crippen molar-refractivity contribution in [2.75, 3.05) is 13.7 Å². The van der Waals surface area contributed by atoms with Crippen LogP contribution in [0.3, 0.4) is 0 Å². The van der Waals surface area contributed by atoms with Crippen LogP contribution < -0.4 is 14.2 Å². The highest BCUT2D eigenvalue weighted by molar-refractivity contribution is 5.92. The molecule has 4 rings (SSSR count). The normalized spacial score (nSPS) is 15.4. The third-order valence-corrected chi connectivity index (χ3v) is 8.94. The highest BCUT2D eigenvalue weighted by Gasteiger charge is 2.32. The van der Waals surface area contributed by atoms with Crippen molar-refractivity contribution in [3.05, 3.63) is 89.5 Å². The van der Waals surface area contributed by atoms with E-state index in [2.05, 4.69) is 18.8 Å². The van der Waals surface area contributed by atoms with E-state index in [1.165, 1.54) is 52.1 Å². The van der Waals surface area contributed by atoms with Crippen molar-refractivity contribution in [3.8, 4) is 29.1 Å². The third kappa shape index (κ3) is 12.4. The second-order valence-electron chi connectivity index (χ2n) is 12.7. The molecule has 0 atom stereocenters. The monoisotopic (exact) mass is 666 g/mol. The molecule has 0 amide bonds. The number of methoxy groups -OCH3 is 1. The molecule has 0 spiro atoms. The Balaban J connectivity index is 1.39. The molecule has 1 aliphatic carbocycles. The molecule has 1 fully saturated rings. The molecule has 0 unspecified atom stereocenters. The van der Waals surface area contributed by atoms with Gasteiger partial charge in [-0.05, 0) is 80.6 Å². The molecule has 7 heteroatoms. The van der Waals surface area contributed by atoms with Gasteiger partial charge in [0.25, 0.3) is 0 Å². The molecule has 0 aliphatic heterocycles. The molecule has 0 N–H and O–H groups in total. The smallest absolute Gasteiger partial charge is 0.343 e. The quantitative estimate of drug-likeness (QED) is 0.0614. The van der Waals surface area contributed by atoms with Gasteiger partial charge in [-0.1, -0.05) is 101 Å². The molecule has 0 heterocycles. The first kappa shape index (κ1) is 37.3. The fraction of sp³-hybridized carbons (Fsp3) is 0.452. The van der Waals surface area contributed by atoms with E-state index in [1.54, 1.807) is 42.5 Å². The van der Waals surface area contributed by atoms with Crippen molar-refractivity contribution in [2.45, 2.75) is 96.8 Å². The molecule has 1 aliphatic rings. The zero-order valence-corrected chi connectivity index (χ0v) is 29.0. The van der Waals surface area contributed by atoms with Crippen LogP contribution in [0.5, 0.6) is 17.2 Å². The Bertz CT molecular complexity index is 1530. The van der Waals surface area contributed by atoms with E-state index in [9.17, 15) is 14.4 Å². The first-order valence-electron chi connectivity index (χ1n) is 17.9. The number of benzene rings is 3. The van der Waals surface area contributed by atoms with Crippen molar-refractivity contribution < 1.29 is 33.3 Å². The van der Waals surface area contributed by atoms with Crippen LogP contribution >= 0.6 is 0 Å². The molecular formula is C42H50O7. The van der Waals surface area contributed by atoms with E-state index < -0.39 is 11.9 Å². The number of carbonyl (C=O) groups is 3. The average Bonchev–Trinajstić information content (AvgIpc) is 3.14. The van der Waals surface area contributed by atoms with Crippen LogP contribution in [-0.4, -0.2) is 31.6 Å². The van der Waals surface area contributed by atoms with Crippen LogP contribution in [0.15, 0.2) is 72.8 Å². The first-order valence-corrected chi connectivity index (χ1v) is 17.9. The Morgan fingerprint density at radius 2 is 1.16 bits per heavy atom. The van der Waals surface area contributed by atoms with Crippen LogP contribution in [-0.2, 0) is 14.3 Å². The van der Waals surface area contributed by atoms with Crippen LogP contribution in [0.2, 0.25) is 0 Å². The number of hydrogen-bond donors (Lipinski definition) is 0. The summed E-state index contributed by atoms with van der Waals surface area (Å²) in [5, 5.41) is 0. The van der Waals surface area contributed by atoms with Gasteiger partial charge in [0.15, 0.2) is 11.5 Å².